The number of hydrogen-bond acceptors (Lipinski definition) is 7. The second kappa shape index (κ2) is 8.18. The zero-order valence-corrected chi connectivity index (χ0v) is 16.0. The van der Waals surface area contributed by atoms with Crippen LogP contribution in [0.15, 0.2) is 52.1 Å². The van der Waals surface area contributed by atoms with Gasteiger partial charge in [-0.2, -0.15) is 0 Å². The van der Waals surface area contributed by atoms with Gasteiger partial charge in [0.2, 0.25) is 0 Å². The van der Waals surface area contributed by atoms with Crippen molar-refractivity contribution in [3.8, 4) is 11.6 Å². The topological polar surface area (TPSA) is 82.3 Å². The van der Waals surface area contributed by atoms with Crippen LogP contribution < -0.4 is 0 Å². The fourth-order valence-electron chi connectivity index (χ4n) is 2.47. The number of Topliss-reactive ketones (excluding diaryl/α,β-unsaturated/α-hetero) is 1. The number of ketones is 1. The Hall–Kier alpha value is -2.93. The predicted octanol–water partition coefficient (Wildman–Crippen LogP) is 4.12. The number of aromatic nitrogens is 2. The van der Waals surface area contributed by atoms with Gasteiger partial charge in [-0.3, -0.25) is 4.79 Å². The normalized spacial score (nSPS) is 10.6. The molecular formula is C20H18N2O4S. The third-order valence-corrected chi connectivity index (χ3v) is 4.59. The standard InChI is InChI=1S/C20H18N2O4S/c1-12-6-8-14(9-7-12)15(23)11-26-20(24)17-13(2)21-18(22-19(17)27-3)16-5-4-10-25-16/h4-10H,11H2,1-3H3. The van der Waals surface area contributed by atoms with Gasteiger partial charge < -0.3 is 9.15 Å². The van der Waals surface area contributed by atoms with E-state index < -0.39 is 5.97 Å². The number of hydrogen-bond donors (Lipinski definition) is 0. The molecule has 0 spiro atoms. The number of carbonyl (C=O) groups excluding carboxylic acids is 2. The number of carbonyl (C=O) groups is 2. The van der Waals surface area contributed by atoms with Gasteiger partial charge in [0.25, 0.3) is 0 Å². The minimum absolute atomic E-state index is 0.259. The summed E-state index contributed by atoms with van der Waals surface area (Å²) in [6.07, 6.45) is 3.34. The highest BCUT2D eigenvalue weighted by Crippen LogP contribution is 2.25. The number of aryl methyl sites for hydroxylation is 2. The lowest BCUT2D eigenvalue weighted by Gasteiger charge is -2.11. The molecule has 0 aliphatic carbocycles. The molecule has 0 bridgehead atoms. The van der Waals surface area contributed by atoms with E-state index in [9.17, 15) is 9.59 Å². The van der Waals surface area contributed by atoms with Crippen molar-refractivity contribution in [2.24, 2.45) is 0 Å². The number of ether oxygens (including phenoxy) is 1. The highest BCUT2D eigenvalue weighted by Gasteiger charge is 2.22. The van der Waals surface area contributed by atoms with Gasteiger partial charge in [-0.25, -0.2) is 14.8 Å². The van der Waals surface area contributed by atoms with E-state index in [0.717, 1.165) is 5.56 Å². The fraction of sp³-hybridized carbons (Fsp3) is 0.200. The van der Waals surface area contributed by atoms with Gasteiger partial charge in [0.15, 0.2) is 24.0 Å². The Kier molecular flexibility index (Phi) is 5.71. The van der Waals surface area contributed by atoms with Gasteiger partial charge >= 0.3 is 5.97 Å². The second-order valence-electron chi connectivity index (χ2n) is 5.86. The average Bonchev–Trinajstić information content (AvgIpc) is 3.20. The molecule has 0 N–H and O–H groups in total. The Morgan fingerprint density at radius 2 is 1.85 bits per heavy atom. The Bertz CT molecular complexity index is 966. The molecule has 1 aromatic carbocycles. The maximum atomic E-state index is 12.5. The quantitative estimate of drug-likeness (QED) is 0.274. The first-order valence-corrected chi connectivity index (χ1v) is 9.45. The van der Waals surface area contributed by atoms with Crippen LogP contribution >= 0.6 is 11.8 Å². The van der Waals surface area contributed by atoms with Gasteiger partial charge in [-0.15, -0.1) is 11.8 Å². The van der Waals surface area contributed by atoms with E-state index >= 15 is 0 Å². The van der Waals surface area contributed by atoms with Crippen LogP contribution in [0, 0.1) is 13.8 Å². The first-order valence-electron chi connectivity index (χ1n) is 8.23. The minimum Gasteiger partial charge on any atom is -0.461 e. The second-order valence-corrected chi connectivity index (χ2v) is 6.65. The molecule has 0 aliphatic heterocycles. The molecule has 0 amide bonds. The van der Waals surface area contributed by atoms with Gasteiger partial charge in [0.1, 0.15) is 10.6 Å². The van der Waals surface area contributed by atoms with Crippen LogP contribution in [0.1, 0.15) is 32.0 Å². The predicted molar refractivity (Wildman–Crippen MR) is 102 cm³/mol. The number of rotatable bonds is 6. The number of nitrogens with zero attached hydrogens (tertiary/aromatic N) is 2. The molecule has 0 saturated carbocycles. The molecule has 0 unspecified atom stereocenters. The molecule has 3 aromatic rings. The Morgan fingerprint density at radius 1 is 1.11 bits per heavy atom. The lowest BCUT2D eigenvalue weighted by molar-refractivity contribution is 0.0469. The highest BCUT2D eigenvalue weighted by molar-refractivity contribution is 7.98. The van der Waals surface area contributed by atoms with Gasteiger partial charge in [0.05, 0.1) is 12.0 Å². The third kappa shape index (κ3) is 4.25. The van der Waals surface area contributed by atoms with Crippen LogP contribution in [0.2, 0.25) is 0 Å². The van der Waals surface area contributed by atoms with E-state index in [2.05, 4.69) is 9.97 Å². The molecular weight excluding hydrogens is 364 g/mol. The molecule has 27 heavy (non-hydrogen) atoms. The van der Waals surface area contributed by atoms with Crippen LogP contribution in [0.4, 0.5) is 0 Å². The van der Waals surface area contributed by atoms with E-state index in [4.69, 9.17) is 9.15 Å². The van der Waals surface area contributed by atoms with Crippen molar-refractivity contribution in [3.05, 3.63) is 65.0 Å². The maximum absolute atomic E-state index is 12.5. The summed E-state index contributed by atoms with van der Waals surface area (Å²) >= 11 is 1.30. The lowest BCUT2D eigenvalue weighted by atomic mass is 10.1. The first kappa shape index (κ1) is 18.8. The largest absolute Gasteiger partial charge is 0.461 e. The van der Waals surface area contributed by atoms with Crippen LogP contribution in [0.5, 0.6) is 0 Å². The molecule has 0 radical (unpaired) electrons. The van der Waals surface area contributed by atoms with Crippen molar-refractivity contribution >= 4 is 23.5 Å². The van der Waals surface area contributed by atoms with E-state index in [-0.39, 0.29) is 18.0 Å². The summed E-state index contributed by atoms with van der Waals surface area (Å²) < 4.78 is 10.5. The zero-order chi connectivity index (χ0) is 19.4. The molecule has 2 aromatic heterocycles. The van der Waals surface area contributed by atoms with Gasteiger partial charge in [0, 0.05) is 5.56 Å². The SMILES string of the molecule is CSc1nc(-c2ccco2)nc(C)c1C(=O)OCC(=O)c1ccc(C)cc1. The number of thioether (sulfide) groups is 1. The molecule has 3 rings (SSSR count). The summed E-state index contributed by atoms with van der Waals surface area (Å²) in [6, 6.07) is 10.6. The van der Waals surface area contributed by atoms with Crippen molar-refractivity contribution in [2.75, 3.05) is 12.9 Å². The maximum Gasteiger partial charge on any atom is 0.343 e. The molecule has 0 fully saturated rings. The van der Waals surface area contributed by atoms with E-state index in [0.29, 0.717) is 27.9 Å². The summed E-state index contributed by atoms with van der Waals surface area (Å²) in [5.74, 6) is 0.0279. The van der Waals surface area contributed by atoms with Crippen molar-refractivity contribution in [3.63, 3.8) is 0 Å². The summed E-state index contributed by atoms with van der Waals surface area (Å²) in [6.45, 7) is 3.30. The number of esters is 1. The van der Waals surface area contributed by atoms with E-state index in [1.807, 2.05) is 25.3 Å². The summed E-state index contributed by atoms with van der Waals surface area (Å²) in [5.41, 5.74) is 2.28. The third-order valence-electron chi connectivity index (χ3n) is 3.90. The lowest BCUT2D eigenvalue weighted by Crippen LogP contribution is -2.17. The van der Waals surface area contributed by atoms with Crippen molar-refractivity contribution in [1.82, 2.24) is 9.97 Å². The van der Waals surface area contributed by atoms with Gasteiger partial charge in [-0.1, -0.05) is 29.8 Å². The number of benzene rings is 1. The smallest absolute Gasteiger partial charge is 0.343 e. The zero-order valence-electron chi connectivity index (χ0n) is 15.2. The summed E-state index contributed by atoms with van der Waals surface area (Å²) in [4.78, 5) is 33.5. The molecule has 2 heterocycles. The fourth-order valence-corrected chi connectivity index (χ4v) is 3.08. The van der Waals surface area contributed by atoms with E-state index in [1.165, 1.54) is 18.0 Å². The Labute approximate surface area is 161 Å². The van der Waals surface area contributed by atoms with Crippen molar-refractivity contribution in [2.45, 2.75) is 18.9 Å². The van der Waals surface area contributed by atoms with Crippen molar-refractivity contribution < 1.29 is 18.7 Å². The summed E-state index contributed by atoms with van der Waals surface area (Å²) in [7, 11) is 0. The monoisotopic (exact) mass is 382 g/mol. The van der Waals surface area contributed by atoms with E-state index in [1.54, 1.807) is 31.2 Å². The van der Waals surface area contributed by atoms with Crippen LogP contribution in [0.25, 0.3) is 11.6 Å². The number of furan rings is 1. The molecule has 7 heteroatoms. The molecule has 0 saturated heterocycles. The van der Waals surface area contributed by atoms with Gasteiger partial charge in [-0.05, 0) is 32.2 Å². The molecule has 0 aliphatic rings. The summed E-state index contributed by atoms with van der Waals surface area (Å²) in [5, 5.41) is 0.474. The highest BCUT2D eigenvalue weighted by atomic mass is 32.2. The Balaban J connectivity index is 1.78. The van der Waals surface area contributed by atoms with Crippen LogP contribution in [0.3, 0.4) is 0 Å². The van der Waals surface area contributed by atoms with Crippen LogP contribution in [-0.4, -0.2) is 34.6 Å². The molecule has 138 valence electrons. The van der Waals surface area contributed by atoms with Crippen molar-refractivity contribution in [1.29, 1.82) is 0 Å². The first-order chi connectivity index (χ1) is 13.0. The van der Waals surface area contributed by atoms with Crippen LogP contribution in [-0.2, 0) is 4.74 Å². The molecule has 0 atom stereocenters. The minimum atomic E-state index is -0.622. The molecule has 6 nitrogen and oxygen atoms in total. The Morgan fingerprint density at radius 3 is 2.48 bits per heavy atom. The average molecular weight is 382 g/mol.